The van der Waals surface area contributed by atoms with Gasteiger partial charge in [-0.25, -0.2) is 0 Å². The van der Waals surface area contributed by atoms with Crippen LogP contribution in [0.15, 0.2) is 42.5 Å². The lowest BCUT2D eigenvalue weighted by Gasteiger charge is -2.24. The van der Waals surface area contributed by atoms with Crippen molar-refractivity contribution in [1.82, 2.24) is 0 Å². The standard InChI is InChI=1S/C22H24N2O4/c1-2-14-10-16(12-18(11-14)28-20-5-3-4-19(20)25)21(22(26)27)24-17-8-6-15(13-23)7-9-17/h6-12,19-21,24-25H,2-5H2,1H3,(H,26,27)/p-1. The molecule has 3 unspecified atom stereocenters. The number of ether oxygens (including phenoxy) is 1. The lowest BCUT2D eigenvalue weighted by atomic mass is 10.0. The summed E-state index contributed by atoms with van der Waals surface area (Å²) in [6.45, 7) is 1.98. The zero-order valence-electron chi connectivity index (χ0n) is 15.7. The maximum absolute atomic E-state index is 11.8. The topological polar surface area (TPSA) is 105 Å². The van der Waals surface area contributed by atoms with Gasteiger partial charge in [-0.1, -0.05) is 13.0 Å². The number of carbonyl (C=O) groups is 1. The quantitative estimate of drug-likeness (QED) is 0.765. The second kappa shape index (κ2) is 8.77. The highest BCUT2D eigenvalue weighted by Crippen LogP contribution is 2.29. The minimum absolute atomic E-state index is 0.271. The highest BCUT2D eigenvalue weighted by atomic mass is 16.5. The van der Waals surface area contributed by atoms with Crippen molar-refractivity contribution in [3.05, 3.63) is 59.2 Å². The predicted octanol–water partition coefficient (Wildman–Crippen LogP) is 2.32. The average molecular weight is 379 g/mol. The molecule has 2 aromatic carbocycles. The molecule has 0 saturated heterocycles. The molecule has 0 aliphatic heterocycles. The van der Waals surface area contributed by atoms with E-state index < -0.39 is 18.1 Å². The van der Waals surface area contributed by atoms with Crippen LogP contribution < -0.4 is 15.2 Å². The number of nitrogens with one attached hydrogen (secondary N) is 1. The summed E-state index contributed by atoms with van der Waals surface area (Å²) < 4.78 is 5.95. The van der Waals surface area contributed by atoms with Crippen molar-refractivity contribution in [2.75, 3.05) is 5.32 Å². The zero-order valence-corrected chi connectivity index (χ0v) is 15.7. The number of aryl methyl sites for hydroxylation is 1. The Bertz CT molecular complexity index is 873. The Morgan fingerprint density at radius 2 is 2.07 bits per heavy atom. The van der Waals surface area contributed by atoms with Crippen molar-refractivity contribution in [1.29, 1.82) is 5.26 Å². The third-order valence-corrected chi connectivity index (χ3v) is 5.00. The first-order valence-electron chi connectivity index (χ1n) is 9.46. The molecule has 1 aliphatic rings. The highest BCUT2D eigenvalue weighted by Gasteiger charge is 2.27. The number of aliphatic carboxylic acids is 1. The fourth-order valence-electron chi connectivity index (χ4n) is 3.43. The van der Waals surface area contributed by atoms with Gasteiger partial charge in [-0.15, -0.1) is 0 Å². The molecular weight excluding hydrogens is 356 g/mol. The molecule has 28 heavy (non-hydrogen) atoms. The number of aliphatic hydroxyl groups excluding tert-OH is 1. The maximum Gasteiger partial charge on any atom is 0.124 e. The van der Waals surface area contributed by atoms with Crippen molar-refractivity contribution >= 4 is 11.7 Å². The summed E-state index contributed by atoms with van der Waals surface area (Å²) in [7, 11) is 0. The number of anilines is 1. The van der Waals surface area contributed by atoms with E-state index in [9.17, 15) is 15.0 Å². The summed E-state index contributed by atoms with van der Waals surface area (Å²) >= 11 is 0. The number of benzene rings is 2. The summed E-state index contributed by atoms with van der Waals surface area (Å²) in [5.41, 5.74) is 2.53. The molecule has 6 nitrogen and oxygen atoms in total. The van der Waals surface area contributed by atoms with Gasteiger partial charge in [0.25, 0.3) is 0 Å². The van der Waals surface area contributed by atoms with Crippen molar-refractivity contribution < 1.29 is 19.7 Å². The molecule has 0 amide bonds. The second-order valence-corrected chi connectivity index (χ2v) is 7.00. The van der Waals surface area contributed by atoms with E-state index in [4.69, 9.17) is 10.00 Å². The van der Waals surface area contributed by atoms with Crippen LogP contribution >= 0.6 is 0 Å². The van der Waals surface area contributed by atoms with E-state index in [2.05, 4.69) is 5.32 Å². The SMILES string of the molecule is CCc1cc(OC2CCCC2O)cc(C(Nc2ccc(C#N)cc2)C(=O)[O-])c1. The molecule has 1 fully saturated rings. The number of aliphatic hydroxyl groups is 1. The number of nitriles is 1. The van der Waals surface area contributed by atoms with Gasteiger partial charge in [-0.05, 0) is 73.2 Å². The Labute approximate surface area is 164 Å². The number of nitrogens with zero attached hydrogens (tertiary/aromatic N) is 1. The van der Waals surface area contributed by atoms with Crippen LogP contribution in [0, 0.1) is 11.3 Å². The summed E-state index contributed by atoms with van der Waals surface area (Å²) in [4.78, 5) is 11.8. The Morgan fingerprint density at radius 3 is 2.64 bits per heavy atom. The van der Waals surface area contributed by atoms with Crippen LogP contribution in [0.5, 0.6) is 5.75 Å². The van der Waals surface area contributed by atoms with Crippen LogP contribution in [-0.4, -0.2) is 23.3 Å². The molecule has 2 aromatic rings. The van der Waals surface area contributed by atoms with E-state index in [-0.39, 0.29) is 6.10 Å². The number of hydrogen-bond donors (Lipinski definition) is 2. The molecule has 6 heteroatoms. The fraction of sp³-hybridized carbons (Fsp3) is 0.364. The normalized spacial score (nSPS) is 19.6. The van der Waals surface area contributed by atoms with Crippen LogP contribution in [0.1, 0.15) is 48.9 Å². The van der Waals surface area contributed by atoms with E-state index in [0.29, 0.717) is 35.4 Å². The molecule has 0 heterocycles. The fourth-order valence-corrected chi connectivity index (χ4v) is 3.43. The molecule has 146 valence electrons. The van der Waals surface area contributed by atoms with Crippen LogP contribution in [0.25, 0.3) is 0 Å². The minimum atomic E-state index is -1.26. The molecule has 0 radical (unpaired) electrons. The van der Waals surface area contributed by atoms with Crippen molar-refractivity contribution in [2.24, 2.45) is 0 Å². The van der Waals surface area contributed by atoms with Crippen LogP contribution in [0.4, 0.5) is 5.69 Å². The molecule has 3 rings (SSSR count). The molecule has 1 saturated carbocycles. The number of carboxylic acid groups (broad SMARTS) is 1. The second-order valence-electron chi connectivity index (χ2n) is 7.00. The molecule has 1 aliphatic carbocycles. The summed E-state index contributed by atoms with van der Waals surface area (Å²) in [6.07, 6.45) is 2.35. The van der Waals surface area contributed by atoms with Gasteiger partial charge in [0.05, 0.1) is 29.7 Å². The maximum atomic E-state index is 11.8. The lowest BCUT2D eigenvalue weighted by Crippen LogP contribution is -2.34. The third-order valence-electron chi connectivity index (χ3n) is 5.00. The van der Waals surface area contributed by atoms with E-state index in [1.807, 2.05) is 25.1 Å². The van der Waals surface area contributed by atoms with Gasteiger partial charge in [-0.2, -0.15) is 5.26 Å². The summed E-state index contributed by atoms with van der Waals surface area (Å²) in [5.74, 6) is -0.711. The van der Waals surface area contributed by atoms with Gasteiger partial charge in [0.15, 0.2) is 0 Å². The van der Waals surface area contributed by atoms with E-state index in [1.165, 1.54) is 0 Å². The number of carbonyl (C=O) groups excluding carboxylic acids is 1. The largest absolute Gasteiger partial charge is 0.548 e. The van der Waals surface area contributed by atoms with Gasteiger partial charge in [-0.3, -0.25) is 0 Å². The first-order valence-corrected chi connectivity index (χ1v) is 9.46. The smallest absolute Gasteiger partial charge is 0.124 e. The van der Waals surface area contributed by atoms with Gasteiger partial charge in [0.2, 0.25) is 0 Å². The summed E-state index contributed by atoms with van der Waals surface area (Å²) in [5, 5.41) is 33.7. The number of hydrogen-bond acceptors (Lipinski definition) is 6. The average Bonchev–Trinajstić information content (AvgIpc) is 3.10. The Morgan fingerprint density at radius 1 is 1.32 bits per heavy atom. The molecule has 2 N–H and O–H groups in total. The van der Waals surface area contributed by atoms with Crippen molar-refractivity contribution in [3.8, 4) is 11.8 Å². The van der Waals surface area contributed by atoms with E-state index >= 15 is 0 Å². The third kappa shape index (κ3) is 4.62. The van der Waals surface area contributed by atoms with Crippen LogP contribution in [0.2, 0.25) is 0 Å². The molecule has 0 spiro atoms. The van der Waals surface area contributed by atoms with Gasteiger partial charge < -0.3 is 25.1 Å². The zero-order chi connectivity index (χ0) is 20.1. The van der Waals surface area contributed by atoms with Crippen LogP contribution in [0.3, 0.4) is 0 Å². The monoisotopic (exact) mass is 379 g/mol. The van der Waals surface area contributed by atoms with E-state index in [1.54, 1.807) is 30.3 Å². The number of rotatable bonds is 7. The van der Waals surface area contributed by atoms with Gasteiger partial charge >= 0.3 is 0 Å². The van der Waals surface area contributed by atoms with E-state index in [0.717, 1.165) is 18.4 Å². The predicted molar refractivity (Wildman–Crippen MR) is 103 cm³/mol. The van der Waals surface area contributed by atoms with Crippen LogP contribution in [-0.2, 0) is 11.2 Å². The molecular formula is C22H23N2O4-. The van der Waals surface area contributed by atoms with Crippen molar-refractivity contribution in [2.45, 2.75) is 50.9 Å². The van der Waals surface area contributed by atoms with Gasteiger partial charge in [0.1, 0.15) is 11.9 Å². The lowest BCUT2D eigenvalue weighted by molar-refractivity contribution is -0.307. The molecule has 0 aromatic heterocycles. The molecule has 0 bridgehead atoms. The Balaban J connectivity index is 1.87. The van der Waals surface area contributed by atoms with Crippen molar-refractivity contribution in [3.63, 3.8) is 0 Å². The highest BCUT2D eigenvalue weighted by molar-refractivity contribution is 5.78. The number of carboxylic acids is 1. The summed E-state index contributed by atoms with van der Waals surface area (Å²) in [6, 6.07) is 12.9. The Hall–Kier alpha value is -3.04. The minimum Gasteiger partial charge on any atom is -0.548 e. The molecule has 3 atom stereocenters. The Kier molecular flexibility index (Phi) is 6.17. The van der Waals surface area contributed by atoms with Gasteiger partial charge in [0, 0.05) is 5.69 Å². The first kappa shape index (κ1) is 19.7. The first-order chi connectivity index (χ1) is 13.5.